The van der Waals surface area contributed by atoms with E-state index in [9.17, 15) is 4.79 Å². The minimum atomic E-state index is 0.235. The summed E-state index contributed by atoms with van der Waals surface area (Å²) in [6.07, 6.45) is 3.91. The minimum absolute atomic E-state index is 0.235. The van der Waals surface area contributed by atoms with Crippen LogP contribution >= 0.6 is 15.9 Å². The van der Waals surface area contributed by atoms with Gasteiger partial charge < -0.3 is 10.2 Å². The summed E-state index contributed by atoms with van der Waals surface area (Å²) in [4.78, 5) is 14.5. The highest BCUT2D eigenvalue weighted by Crippen LogP contribution is 2.14. The monoisotopic (exact) mass is 338 g/mol. The number of benzene rings is 1. The number of rotatable bonds is 6. The molecule has 110 valence electrons. The lowest BCUT2D eigenvalue weighted by molar-refractivity contribution is -0.130. The van der Waals surface area contributed by atoms with E-state index >= 15 is 0 Å². The number of amides is 1. The average molecular weight is 339 g/mol. The summed E-state index contributed by atoms with van der Waals surface area (Å²) in [7, 11) is 0. The maximum atomic E-state index is 12.5. The van der Waals surface area contributed by atoms with Crippen LogP contribution in [0.25, 0.3) is 0 Å². The first kappa shape index (κ1) is 15.5. The summed E-state index contributed by atoms with van der Waals surface area (Å²) in [5.74, 6) is 0.235. The number of halogens is 1. The summed E-state index contributed by atoms with van der Waals surface area (Å²) < 4.78 is 1.03. The van der Waals surface area contributed by atoms with E-state index in [1.54, 1.807) is 0 Å². The van der Waals surface area contributed by atoms with Crippen molar-refractivity contribution in [1.29, 1.82) is 0 Å². The molecule has 1 aromatic rings. The van der Waals surface area contributed by atoms with Crippen molar-refractivity contribution >= 4 is 21.8 Å². The molecule has 1 aliphatic rings. The molecule has 1 saturated heterocycles. The van der Waals surface area contributed by atoms with Crippen molar-refractivity contribution in [3.63, 3.8) is 0 Å². The van der Waals surface area contributed by atoms with Crippen molar-refractivity contribution < 1.29 is 4.79 Å². The first-order valence-corrected chi connectivity index (χ1v) is 8.24. The number of nitrogens with zero attached hydrogens (tertiary/aromatic N) is 1. The molecule has 0 aromatic heterocycles. The lowest BCUT2D eigenvalue weighted by Crippen LogP contribution is -2.42. The Kier molecular flexibility index (Phi) is 6.05. The topological polar surface area (TPSA) is 32.3 Å². The molecular weight excluding hydrogens is 316 g/mol. The Morgan fingerprint density at radius 3 is 3.00 bits per heavy atom. The second-order valence-electron chi connectivity index (χ2n) is 5.44. The summed E-state index contributed by atoms with van der Waals surface area (Å²) in [6, 6.07) is 8.49. The van der Waals surface area contributed by atoms with E-state index in [2.05, 4.69) is 28.2 Å². The lowest BCUT2D eigenvalue weighted by Gasteiger charge is -2.25. The Bertz CT molecular complexity index is 444. The van der Waals surface area contributed by atoms with Crippen LogP contribution in [0.4, 0.5) is 0 Å². The zero-order valence-electron chi connectivity index (χ0n) is 12.1. The smallest absolute Gasteiger partial charge is 0.227 e. The standard InChI is InChI=1S/C16H23BrN2O/c1-2-9-19(12-15-7-4-8-18-15)16(20)11-13-5-3-6-14(17)10-13/h3,5-6,10,15,18H,2,4,7-9,11-12H2,1H3. The van der Waals surface area contributed by atoms with Gasteiger partial charge in [0.25, 0.3) is 0 Å². The Hall–Kier alpha value is -0.870. The normalized spacial score (nSPS) is 18.2. The van der Waals surface area contributed by atoms with Crippen LogP contribution in [-0.4, -0.2) is 36.5 Å². The molecule has 4 heteroatoms. The second kappa shape index (κ2) is 7.79. The largest absolute Gasteiger partial charge is 0.341 e. The van der Waals surface area contributed by atoms with Crippen LogP contribution < -0.4 is 5.32 Å². The number of nitrogens with one attached hydrogen (secondary N) is 1. The van der Waals surface area contributed by atoms with Gasteiger partial charge in [-0.15, -0.1) is 0 Å². The Balaban J connectivity index is 1.95. The van der Waals surface area contributed by atoms with Crippen LogP contribution in [0.5, 0.6) is 0 Å². The number of hydrogen-bond acceptors (Lipinski definition) is 2. The van der Waals surface area contributed by atoms with Crippen LogP contribution in [-0.2, 0) is 11.2 Å². The van der Waals surface area contributed by atoms with Gasteiger partial charge in [0.2, 0.25) is 5.91 Å². The van der Waals surface area contributed by atoms with Gasteiger partial charge in [0.15, 0.2) is 0 Å². The third kappa shape index (κ3) is 4.60. The molecule has 1 aliphatic heterocycles. The molecule has 0 bridgehead atoms. The predicted molar refractivity (Wildman–Crippen MR) is 85.7 cm³/mol. The number of hydrogen-bond donors (Lipinski definition) is 1. The van der Waals surface area contributed by atoms with Gasteiger partial charge in [-0.05, 0) is 43.5 Å². The minimum Gasteiger partial charge on any atom is -0.341 e. The third-order valence-corrected chi connectivity index (χ3v) is 4.19. The molecule has 1 heterocycles. The molecule has 1 aromatic carbocycles. The SMILES string of the molecule is CCCN(CC1CCCN1)C(=O)Cc1cccc(Br)c1. The molecule has 0 saturated carbocycles. The number of carbonyl (C=O) groups is 1. The highest BCUT2D eigenvalue weighted by molar-refractivity contribution is 9.10. The molecule has 3 nitrogen and oxygen atoms in total. The molecule has 20 heavy (non-hydrogen) atoms. The summed E-state index contributed by atoms with van der Waals surface area (Å²) in [5.41, 5.74) is 1.07. The van der Waals surface area contributed by atoms with Crippen molar-refractivity contribution in [1.82, 2.24) is 10.2 Å². The zero-order valence-corrected chi connectivity index (χ0v) is 13.7. The molecule has 1 fully saturated rings. The van der Waals surface area contributed by atoms with Crippen LogP contribution in [0.1, 0.15) is 31.7 Å². The molecule has 2 rings (SSSR count). The first-order chi connectivity index (χ1) is 9.69. The second-order valence-corrected chi connectivity index (χ2v) is 6.36. The lowest BCUT2D eigenvalue weighted by atomic mass is 10.1. The van der Waals surface area contributed by atoms with E-state index in [0.29, 0.717) is 12.5 Å². The first-order valence-electron chi connectivity index (χ1n) is 7.44. The fraction of sp³-hybridized carbons (Fsp3) is 0.562. The van der Waals surface area contributed by atoms with Gasteiger partial charge in [-0.3, -0.25) is 4.79 Å². The van der Waals surface area contributed by atoms with Crippen molar-refractivity contribution in [2.45, 2.75) is 38.6 Å². The van der Waals surface area contributed by atoms with Gasteiger partial charge in [-0.2, -0.15) is 0 Å². The molecule has 0 spiro atoms. The summed E-state index contributed by atoms with van der Waals surface area (Å²) in [5, 5.41) is 3.47. The van der Waals surface area contributed by atoms with Crippen molar-refractivity contribution in [2.75, 3.05) is 19.6 Å². The van der Waals surface area contributed by atoms with Crippen molar-refractivity contribution in [2.24, 2.45) is 0 Å². The van der Waals surface area contributed by atoms with Gasteiger partial charge >= 0.3 is 0 Å². The van der Waals surface area contributed by atoms with E-state index in [0.717, 1.165) is 36.1 Å². The Morgan fingerprint density at radius 2 is 2.35 bits per heavy atom. The van der Waals surface area contributed by atoms with Crippen LogP contribution in [0.3, 0.4) is 0 Å². The van der Waals surface area contributed by atoms with Crippen LogP contribution in [0.15, 0.2) is 28.7 Å². The van der Waals surface area contributed by atoms with E-state index in [4.69, 9.17) is 0 Å². The van der Waals surface area contributed by atoms with Crippen molar-refractivity contribution in [3.8, 4) is 0 Å². The van der Waals surface area contributed by atoms with Crippen LogP contribution in [0.2, 0.25) is 0 Å². The van der Waals surface area contributed by atoms with Crippen molar-refractivity contribution in [3.05, 3.63) is 34.3 Å². The number of carbonyl (C=O) groups excluding carboxylic acids is 1. The fourth-order valence-corrected chi connectivity index (χ4v) is 3.15. The van der Waals surface area contributed by atoms with Gasteiger partial charge in [0.05, 0.1) is 6.42 Å². The van der Waals surface area contributed by atoms with Gasteiger partial charge in [0.1, 0.15) is 0 Å². The molecular formula is C16H23BrN2O. The summed E-state index contributed by atoms with van der Waals surface area (Å²) >= 11 is 3.46. The Labute approximate surface area is 129 Å². The van der Waals surface area contributed by atoms with E-state index in [-0.39, 0.29) is 5.91 Å². The van der Waals surface area contributed by atoms with E-state index in [1.165, 1.54) is 12.8 Å². The van der Waals surface area contributed by atoms with E-state index < -0.39 is 0 Å². The third-order valence-electron chi connectivity index (χ3n) is 3.69. The quantitative estimate of drug-likeness (QED) is 0.864. The highest BCUT2D eigenvalue weighted by atomic mass is 79.9. The molecule has 1 N–H and O–H groups in total. The Morgan fingerprint density at radius 1 is 1.50 bits per heavy atom. The fourth-order valence-electron chi connectivity index (χ4n) is 2.70. The highest BCUT2D eigenvalue weighted by Gasteiger charge is 2.21. The molecule has 1 atom stereocenters. The maximum absolute atomic E-state index is 12.5. The molecule has 1 amide bonds. The van der Waals surface area contributed by atoms with Gasteiger partial charge in [-0.25, -0.2) is 0 Å². The summed E-state index contributed by atoms with van der Waals surface area (Å²) in [6.45, 7) is 4.91. The van der Waals surface area contributed by atoms with Gasteiger partial charge in [0, 0.05) is 23.6 Å². The molecule has 0 aliphatic carbocycles. The predicted octanol–water partition coefficient (Wildman–Crippen LogP) is 2.98. The molecule has 0 radical (unpaired) electrons. The average Bonchev–Trinajstić information content (AvgIpc) is 2.91. The van der Waals surface area contributed by atoms with Crippen LogP contribution in [0, 0.1) is 0 Å². The zero-order chi connectivity index (χ0) is 14.4. The van der Waals surface area contributed by atoms with Gasteiger partial charge in [-0.1, -0.05) is 35.0 Å². The maximum Gasteiger partial charge on any atom is 0.227 e. The van der Waals surface area contributed by atoms with E-state index in [1.807, 2.05) is 29.2 Å². The molecule has 1 unspecified atom stereocenters.